The first-order valence-electron chi connectivity index (χ1n) is 10.5. The monoisotopic (exact) mass is 428 g/mol. The van der Waals surface area contributed by atoms with Gasteiger partial charge in [0.2, 0.25) is 5.91 Å². The molecule has 0 aliphatic carbocycles. The molecule has 7 nitrogen and oxygen atoms in total. The van der Waals surface area contributed by atoms with Crippen LogP contribution in [-0.4, -0.2) is 47.6 Å². The molecule has 0 atom stereocenters. The van der Waals surface area contributed by atoms with Crippen molar-refractivity contribution in [2.24, 2.45) is 0 Å². The van der Waals surface area contributed by atoms with Crippen molar-refractivity contribution >= 4 is 28.4 Å². The zero-order valence-corrected chi connectivity index (χ0v) is 18.3. The van der Waals surface area contributed by atoms with Gasteiger partial charge in [-0.15, -0.1) is 0 Å². The Balaban J connectivity index is 1.52. The highest BCUT2D eigenvalue weighted by atomic mass is 32.1. The zero-order chi connectivity index (χ0) is 21.1. The fourth-order valence-electron chi connectivity index (χ4n) is 4.22. The molecule has 0 bridgehead atoms. The number of nitrogens with zero attached hydrogens (tertiary/aromatic N) is 2. The molecule has 0 saturated carbocycles. The van der Waals surface area contributed by atoms with Crippen molar-refractivity contribution in [3.63, 3.8) is 0 Å². The van der Waals surface area contributed by atoms with Crippen molar-refractivity contribution in [1.82, 2.24) is 15.2 Å². The summed E-state index contributed by atoms with van der Waals surface area (Å²) in [6.07, 6.45) is 2.10. The van der Waals surface area contributed by atoms with Gasteiger partial charge in [0, 0.05) is 37.1 Å². The van der Waals surface area contributed by atoms with Gasteiger partial charge < -0.3 is 15.0 Å². The molecule has 1 fully saturated rings. The van der Waals surface area contributed by atoms with Crippen LogP contribution in [0.5, 0.6) is 0 Å². The van der Waals surface area contributed by atoms with Gasteiger partial charge >= 0.3 is 6.03 Å². The molecule has 1 aromatic heterocycles. The SMILES string of the molecule is CC(C)NC(=O)Nc1nc2c(s1)CN(C(=O)C1(c3ccccc3)CCOCC1)CC2. The van der Waals surface area contributed by atoms with E-state index >= 15 is 0 Å². The first-order chi connectivity index (χ1) is 14.5. The highest BCUT2D eigenvalue weighted by molar-refractivity contribution is 7.15. The van der Waals surface area contributed by atoms with E-state index in [1.165, 1.54) is 11.3 Å². The van der Waals surface area contributed by atoms with Crippen LogP contribution in [0.3, 0.4) is 0 Å². The third-order valence-electron chi connectivity index (χ3n) is 5.74. The number of aromatic nitrogens is 1. The second kappa shape index (κ2) is 8.73. The van der Waals surface area contributed by atoms with Gasteiger partial charge in [0.05, 0.1) is 17.7 Å². The standard InChI is InChI=1S/C22H28N4O3S/c1-15(2)23-20(28)25-21-24-17-8-11-26(14-18(17)30-21)19(27)22(9-12-29-13-10-22)16-6-4-3-5-7-16/h3-7,15H,8-14H2,1-2H3,(H2,23,24,25,28). The molecule has 1 aromatic carbocycles. The summed E-state index contributed by atoms with van der Waals surface area (Å²) in [4.78, 5) is 33.3. The van der Waals surface area contributed by atoms with Crippen molar-refractivity contribution in [3.05, 3.63) is 46.5 Å². The molecule has 0 radical (unpaired) electrons. The summed E-state index contributed by atoms with van der Waals surface area (Å²) in [5, 5.41) is 6.19. The van der Waals surface area contributed by atoms with E-state index in [4.69, 9.17) is 4.74 Å². The number of nitrogens with one attached hydrogen (secondary N) is 2. The number of ether oxygens (including phenoxy) is 1. The van der Waals surface area contributed by atoms with Crippen LogP contribution < -0.4 is 10.6 Å². The third kappa shape index (κ3) is 4.20. The number of anilines is 1. The number of hydrogen-bond donors (Lipinski definition) is 2. The molecule has 0 spiro atoms. The van der Waals surface area contributed by atoms with Gasteiger partial charge in [-0.1, -0.05) is 41.7 Å². The maximum absolute atomic E-state index is 13.8. The van der Waals surface area contributed by atoms with E-state index in [2.05, 4.69) is 27.8 Å². The van der Waals surface area contributed by atoms with Gasteiger partial charge in [0.25, 0.3) is 0 Å². The Morgan fingerprint density at radius 2 is 1.93 bits per heavy atom. The van der Waals surface area contributed by atoms with Gasteiger partial charge in [-0.05, 0) is 32.3 Å². The quantitative estimate of drug-likeness (QED) is 0.783. The molecular formula is C22H28N4O3S. The van der Waals surface area contributed by atoms with E-state index in [1.807, 2.05) is 36.9 Å². The van der Waals surface area contributed by atoms with Crippen LogP contribution in [-0.2, 0) is 27.9 Å². The third-order valence-corrected chi connectivity index (χ3v) is 6.74. The Bertz CT molecular complexity index is 906. The zero-order valence-electron chi connectivity index (χ0n) is 17.4. The average Bonchev–Trinajstić information content (AvgIpc) is 3.15. The first-order valence-corrected chi connectivity index (χ1v) is 11.3. The van der Waals surface area contributed by atoms with Crippen LogP contribution in [0.4, 0.5) is 9.93 Å². The lowest BCUT2D eigenvalue weighted by Gasteiger charge is -2.41. The number of carbonyl (C=O) groups is 2. The molecular weight excluding hydrogens is 400 g/mol. The highest BCUT2D eigenvalue weighted by Crippen LogP contribution is 2.38. The minimum atomic E-state index is -0.528. The fraction of sp³-hybridized carbons (Fsp3) is 0.500. The molecule has 1 saturated heterocycles. The summed E-state index contributed by atoms with van der Waals surface area (Å²) in [6.45, 7) is 6.19. The smallest absolute Gasteiger partial charge is 0.321 e. The summed E-state index contributed by atoms with van der Waals surface area (Å²) in [7, 11) is 0. The summed E-state index contributed by atoms with van der Waals surface area (Å²) in [5.41, 5.74) is 1.52. The Labute approximate surface area is 180 Å². The Morgan fingerprint density at radius 3 is 2.63 bits per heavy atom. The van der Waals surface area contributed by atoms with Crippen LogP contribution in [0.25, 0.3) is 0 Å². The molecule has 3 heterocycles. The molecule has 2 aliphatic heterocycles. The average molecular weight is 429 g/mol. The normalized spacial score (nSPS) is 18.0. The number of thiazole rings is 1. The second-order valence-electron chi connectivity index (χ2n) is 8.18. The molecule has 30 heavy (non-hydrogen) atoms. The lowest BCUT2D eigenvalue weighted by Crippen LogP contribution is -2.51. The van der Waals surface area contributed by atoms with E-state index in [0.717, 1.165) is 16.1 Å². The van der Waals surface area contributed by atoms with Gasteiger partial charge in [-0.25, -0.2) is 9.78 Å². The predicted molar refractivity (Wildman–Crippen MR) is 117 cm³/mol. The van der Waals surface area contributed by atoms with Crippen molar-refractivity contribution in [2.75, 3.05) is 25.1 Å². The molecule has 8 heteroatoms. The van der Waals surface area contributed by atoms with E-state index in [1.54, 1.807) is 0 Å². The number of amides is 3. The number of carbonyl (C=O) groups excluding carboxylic acids is 2. The van der Waals surface area contributed by atoms with Crippen LogP contribution >= 0.6 is 11.3 Å². The number of urea groups is 1. The van der Waals surface area contributed by atoms with Crippen LogP contribution in [0.15, 0.2) is 30.3 Å². The fourth-order valence-corrected chi connectivity index (χ4v) is 5.24. The lowest BCUT2D eigenvalue weighted by atomic mass is 9.73. The van der Waals surface area contributed by atoms with Crippen molar-refractivity contribution < 1.29 is 14.3 Å². The molecule has 3 amide bonds. The topological polar surface area (TPSA) is 83.6 Å². The number of hydrogen-bond acceptors (Lipinski definition) is 5. The van der Waals surface area contributed by atoms with Gasteiger partial charge in [0.1, 0.15) is 0 Å². The van der Waals surface area contributed by atoms with E-state index in [9.17, 15) is 9.59 Å². The Morgan fingerprint density at radius 1 is 1.20 bits per heavy atom. The van der Waals surface area contributed by atoms with Gasteiger partial charge in [-0.2, -0.15) is 0 Å². The number of rotatable bonds is 4. The van der Waals surface area contributed by atoms with E-state index in [0.29, 0.717) is 50.7 Å². The second-order valence-corrected chi connectivity index (χ2v) is 9.26. The van der Waals surface area contributed by atoms with Crippen molar-refractivity contribution in [1.29, 1.82) is 0 Å². The Kier molecular flexibility index (Phi) is 6.06. The number of fused-ring (bicyclic) bond motifs is 1. The summed E-state index contributed by atoms with van der Waals surface area (Å²) >= 11 is 1.45. The van der Waals surface area contributed by atoms with Crippen LogP contribution in [0.2, 0.25) is 0 Å². The summed E-state index contributed by atoms with van der Waals surface area (Å²) in [5.74, 6) is 0.170. The van der Waals surface area contributed by atoms with Crippen LogP contribution in [0, 0.1) is 0 Å². The first kappa shape index (κ1) is 20.8. The van der Waals surface area contributed by atoms with E-state index < -0.39 is 5.41 Å². The van der Waals surface area contributed by atoms with Crippen LogP contribution in [0.1, 0.15) is 42.8 Å². The van der Waals surface area contributed by atoms with E-state index in [-0.39, 0.29) is 18.0 Å². The molecule has 4 rings (SSSR count). The minimum Gasteiger partial charge on any atom is -0.381 e. The molecule has 0 unspecified atom stereocenters. The molecule has 2 aromatic rings. The van der Waals surface area contributed by atoms with Gasteiger partial charge in [0.15, 0.2) is 5.13 Å². The molecule has 2 aliphatic rings. The highest BCUT2D eigenvalue weighted by Gasteiger charge is 2.44. The summed E-state index contributed by atoms with van der Waals surface area (Å²) in [6, 6.07) is 9.89. The summed E-state index contributed by atoms with van der Waals surface area (Å²) < 4.78 is 5.58. The minimum absolute atomic E-state index is 0.0568. The maximum atomic E-state index is 13.8. The maximum Gasteiger partial charge on any atom is 0.321 e. The predicted octanol–water partition coefficient (Wildman–Crippen LogP) is 3.31. The largest absolute Gasteiger partial charge is 0.381 e. The lowest BCUT2D eigenvalue weighted by molar-refractivity contribution is -0.142. The van der Waals surface area contributed by atoms with Gasteiger partial charge in [-0.3, -0.25) is 10.1 Å². The molecule has 2 N–H and O–H groups in total. The van der Waals surface area contributed by atoms with Crippen molar-refractivity contribution in [3.8, 4) is 0 Å². The molecule has 160 valence electrons. The van der Waals surface area contributed by atoms with Crippen molar-refractivity contribution in [2.45, 2.75) is 51.1 Å². The Hall–Kier alpha value is -2.45. The number of benzene rings is 1.